The number of rotatable bonds is 6. The molecule has 2 aromatic carbocycles. The van der Waals surface area contributed by atoms with Crippen molar-refractivity contribution < 1.29 is 9.53 Å². The van der Waals surface area contributed by atoms with E-state index in [9.17, 15) is 4.79 Å². The molecule has 1 heterocycles. The zero-order valence-electron chi connectivity index (χ0n) is 18.8. The van der Waals surface area contributed by atoms with Gasteiger partial charge in [0.05, 0.1) is 12.2 Å². The van der Waals surface area contributed by atoms with Crippen molar-refractivity contribution in [3.63, 3.8) is 0 Å². The molecule has 0 saturated carbocycles. The van der Waals surface area contributed by atoms with Crippen molar-refractivity contribution in [3.05, 3.63) is 70.2 Å². The number of carbonyl (C=O) groups excluding carboxylic acids is 1. The Balaban J connectivity index is 0.00000363. The second-order valence-electron chi connectivity index (χ2n) is 7.90. The summed E-state index contributed by atoms with van der Waals surface area (Å²) in [5, 5.41) is 7.37. The first-order valence-corrected chi connectivity index (χ1v) is 11.0. The number of aliphatic imine (C=N–C) groups is 1. The third kappa shape index (κ3) is 7.94. The standard InChI is InChI=1S/C24H31ClN4O2.HI/c1-17-15-29(16-18(2)31-17)23(30)21-9-7-20(8-10-21)14-28-24(26-3)27-12-11-19-5-4-6-22(25)13-19;/h4-10,13,17-18H,11-12,14-16H2,1-3H3,(H2,26,27,28);1H. The number of halogens is 2. The first-order valence-electron chi connectivity index (χ1n) is 10.7. The molecule has 1 saturated heterocycles. The highest BCUT2D eigenvalue weighted by Crippen LogP contribution is 2.15. The number of nitrogens with one attached hydrogen (secondary N) is 2. The summed E-state index contributed by atoms with van der Waals surface area (Å²) in [5.41, 5.74) is 2.96. The maximum atomic E-state index is 12.8. The van der Waals surface area contributed by atoms with Gasteiger partial charge >= 0.3 is 0 Å². The van der Waals surface area contributed by atoms with Gasteiger partial charge in [-0.05, 0) is 55.7 Å². The highest BCUT2D eigenvalue weighted by atomic mass is 127. The second kappa shape index (κ2) is 13.0. The lowest BCUT2D eigenvalue weighted by atomic mass is 10.1. The summed E-state index contributed by atoms with van der Waals surface area (Å²) in [6, 6.07) is 15.6. The lowest BCUT2D eigenvalue weighted by Crippen LogP contribution is -2.48. The number of hydrogen-bond donors (Lipinski definition) is 2. The first kappa shape index (κ1) is 26.4. The molecule has 1 amide bonds. The van der Waals surface area contributed by atoms with E-state index < -0.39 is 0 Å². The van der Waals surface area contributed by atoms with Gasteiger partial charge < -0.3 is 20.3 Å². The van der Waals surface area contributed by atoms with E-state index in [2.05, 4.69) is 21.7 Å². The molecule has 2 unspecified atom stereocenters. The molecule has 0 spiro atoms. The second-order valence-corrected chi connectivity index (χ2v) is 8.33. The highest BCUT2D eigenvalue weighted by Gasteiger charge is 2.26. The predicted octanol–water partition coefficient (Wildman–Crippen LogP) is 4.12. The summed E-state index contributed by atoms with van der Waals surface area (Å²) in [4.78, 5) is 18.9. The van der Waals surface area contributed by atoms with Crippen LogP contribution in [0, 0.1) is 0 Å². The van der Waals surface area contributed by atoms with Crippen LogP contribution in [-0.2, 0) is 17.7 Å². The lowest BCUT2D eigenvalue weighted by Gasteiger charge is -2.35. The molecule has 6 nitrogen and oxygen atoms in total. The maximum Gasteiger partial charge on any atom is 0.254 e. The molecule has 0 bridgehead atoms. The van der Waals surface area contributed by atoms with Gasteiger partial charge in [-0.1, -0.05) is 35.9 Å². The van der Waals surface area contributed by atoms with E-state index in [-0.39, 0.29) is 42.1 Å². The zero-order valence-corrected chi connectivity index (χ0v) is 21.9. The Labute approximate surface area is 212 Å². The van der Waals surface area contributed by atoms with Crippen molar-refractivity contribution in [2.75, 3.05) is 26.7 Å². The van der Waals surface area contributed by atoms with Gasteiger partial charge in [-0.25, -0.2) is 0 Å². The Kier molecular flexibility index (Phi) is 10.7. The number of nitrogens with zero attached hydrogens (tertiary/aromatic N) is 2. The van der Waals surface area contributed by atoms with Crippen LogP contribution in [0.1, 0.15) is 35.3 Å². The average molecular weight is 571 g/mol. The minimum Gasteiger partial charge on any atom is -0.372 e. The first-order chi connectivity index (χ1) is 14.9. The minimum absolute atomic E-state index is 0. The largest absolute Gasteiger partial charge is 0.372 e. The molecule has 1 fully saturated rings. The van der Waals surface area contributed by atoms with E-state index >= 15 is 0 Å². The van der Waals surface area contributed by atoms with Gasteiger partial charge in [-0.3, -0.25) is 9.79 Å². The molecular weight excluding hydrogens is 539 g/mol. The van der Waals surface area contributed by atoms with Gasteiger partial charge in [0.25, 0.3) is 5.91 Å². The average Bonchev–Trinajstić information content (AvgIpc) is 2.75. The minimum atomic E-state index is 0. The third-order valence-corrected chi connectivity index (χ3v) is 5.42. The van der Waals surface area contributed by atoms with Gasteiger partial charge in [0.1, 0.15) is 0 Å². The molecular formula is C24H32ClIN4O2. The number of morpholine rings is 1. The fourth-order valence-electron chi connectivity index (χ4n) is 3.72. The molecule has 2 aromatic rings. The topological polar surface area (TPSA) is 66.0 Å². The van der Waals surface area contributed by atoms with Crippen molar-refractivity contribution in [3.8, 4) is 0 Å². The molecule has 0 radical (unpaired) electrons. The highest BCUT2D eigenvalue weighted by molar-refractivity contribution is 14.0. The van der Waals surface area contributed by atoms with Crippen molar-refractivity contribution in [2.24, 2.45) is 4.99 Å². The van der Waals surface area contributed by atoms with Gasteiger partial charge in [0, 0.05) is 43.8 Å². The Hall–Kier alpha value is -1.84. The van der Waals surface area contributed by atoms with Crippen LogP contribution in [0.25, 0.3) is 0 Å². The predicted molar refractivity (Wildman–Crippen MR) is 141 cm³/mol. The molecule has 1 aliphatic heterocycles. The number of amides is 1. The molecule has 174 valence electrons. The summed E-state index contributed by atoms with van der Waals surface area (Å²) in [5.74, 6) is 0.790. The third-order valence-electron chi connectivity index (χ3n) is 5.19. The molecule has 8 heteroatoms. The van der Waals surface area contributed by atoms with E-state index in [1.165, 1.54) is 5.56 Å². The number of guanidine groups is 1. The van der Waals surface area contributed by atoms with Crippen LogP contribution >= 0.6 is 35.6 Å². The number of hydrogen-bond acceptors (Lipinski definition) is 3. The molecule has 2 atom stereocenters. The lowest BCUT2D eigenvalue weighted by molar-refractivity contribution is -0.0586. The number of benzene rings is 2. The van der Waals surface area contributed by atoms with Crippen LogP contribution < -0.4 is 10.6 Å². The Morgan fingerprint density at radius 3 is 2.41 bits per heavy atom. The molecule has 1 aliphatic rings. The zero-order chi connectivity index (χ0) is 22.2. The van der Waals surface area contributed by atoms with Crippen LogP contribution in [-0.4, -0.2) is 55.7 Å². The smallest absolute Gasteiger partial charge is 0.254 e. The van der Waals surface area contributed by atoms with E-state index in [1.807, 2.05) is 61.2 Å². The maximum absolute atomic E-state index is 12.8. The Morgan fingerprint density at radius 1 is 1.09 bits per heavy atom. The summed E-state index contributed by atoms with van der Waals surface area (Å²) >= 11 is 6.03. The van der Waals surface area contributed by atoms with Crippen LogP contribution in [0.5, 0.6) is 0 Å². The Morgan fingerprint density at radius 2 is 1.78 bits per heavy atom. The van der Waals surface area contributed by atoms with E-state index in [0.717, 1.165) is 29.5 Å². The van der Waals surface area contributed by atoms with Crippen molar-refractivity contribution >= 4 is 47.4 Å². The van der Waals surface area contributed by atoms with Crippen LogP contribution in [0.4, 0.5) is 0 Å². The molecule has 32 heavy (non-hydrogen) atoms. The molecule has 2 N–H and O–H groups in total. The van der Waals surface area contributed by atoms with E-state index in [4.69, 9.17) is 16.3 Å². The molecule has 3 rings (SSSR count). The number of ether oxygens (including phenoxy) is 1. The van der Waals surface area contributed by atoms with Gasteiger partial charge in [0.2, 0.25) is 0 Å². The fraction of sp³-hybridized carbons (Fsp3) is 0.417. The van der Waals surface area contributed by atoms with Crippen molar-refractivity contribution in [2.45, 2.75) is 39.0 Å². The van der Waals surface area contributed by atoms with E-state index in [1.54, 1.807) is 7.05 Å². The quantitative estimate of drug-likeness (QED) is 0.312. The van der Waals surface area contributed by atoms with Crippen LogP contribution in [0.2, 0.25) is 5.02 Å². The van der Waals surface area contributed by atoms with Crippen LogP contribution in [0.15, 0.2) is 53.5 Å². The summed E-state index contributed by atoms with van der Waals surface area (Å²) < 4.78 is 5.72. The van der Waals surface area contributed by atoms with Crippen LogP contribution in [0.3, 0.4) is 0 Å². The van der Waals surface area contributed by atoms with Crippen molar-refractivity contribution in [1.82, 2.24) is 15.5 Å². The summed E-state index contributed by atoms with van der Waals surface area (Å²) in [7, 11) is 1.75. The van der Waals surface area contributed by atoms with Crippen molar-refractivity contribution in [1.29, 1.82) is 0 Å². The summed E-state index contributed by atoms with van der Waals surface area (Å²) in [6.45, 7) is 6.63. The molecule has 0 aromatic heterocycles. The SMILES string of the molecule is CN=C(NCCc1cccc(Cl)c1)NCc1ccc(C(=O)N2CC(C)OC(C)C2)cc1.I. The van der Waals surface area contributed by atoms with Gasteiger partial charge in [-0.2, -0.15) is 0 Å². The normalized spacial score (nSPS) is 18.6. The number of carbonyl (C=O) groups is 1. The van der Waals surface area contributed by atoms with Gasteiger partial charge in [0.15, 0.2) is 5.96 Å². The van der Waals surface area contributed by atoms with Gasteiger partial charge in [-0.15, -0.1) is 24.0 Å². The summed E-state index contributed by atoms with van der Waals surface area (Å²) in [6.07, 6.45) is 0.986. The monoisotopic (exact) mass is 570 g/mol. The van der Waals surface area contributed by atoms with E-state index in [0.29, 0.717) is 25.2 Å². The molecule has 0 aliphatic carbocycles. The Bertz CT molecular complexity index is 897. The fourth-order valence-corrected chi connectivity index (χ4v) is 3.93.